The molecule has 0 N–H and O–H groups in total. The minimum absolute atomic E-state index is 0.0424. The van der Waals surface area contributed by atoms with Gasteiger partial charge in [0.05, 0.1) is 0 Å². The van der Waals surface area contributed by atoms with Gasteiger partial charge in [0.1, 0.15) is 0 Å². The Morgan fingerprint density at radius 1 is 0.432 bits per heavy atom. The van der Waals surface area contributed by atoms with Crippen molar-refractivity contribution in [2.45, 2.75) is 44.9 Å². The Morgan fingerprint density at radius 3 is 1.68 bits per heavy atom. The monoisotopic (exact) mass is 567 g/mol. The molecule has 0 unspecified atom stereocenters. The number of aryl methyl sites for hydroxylation is 2. The van der Waals surface area contributed by atoms with Crippen LogP contribution < -0.4 is 4.90 Å². The minimum Gasteiger partial charge on any atom is -0.310 e. The van der Waals surface area contributed by atoms with E-state index in [0.29, 0.717) is 0 Å². The zero-order valence-electron chi connectivity index (χ0n) is 25.6. The minimum atomic E-state index is -0.0424. The average molecular weight is 568 g/mol. The maximum Gasteiger partial charge on any atom is 0.0465 e. The van der Waals surface area contributed by atoms with Crippen LogP contribution in [0.4, 0.5) is 17.1 Å². The Bertz CT molecular complexity index is 1960. The van der Waals surface area contributed by atoms with Crippen LogP contribution in [-0.4, -0.2) is 0 Å². The van der Waals surface area contributed by atoms with E-state index in [2.05, 4.69) is 158 Å². The molecule has 6 aromatic carbocycles. The first kappa shape index (κ1) is 26.7. The van der Waals surface area contributed by atoms with E-state index < -0.39 is 0 Å². The predicted molar refractivity (Wildman–Crippen MR) is 186 cm³/mol. The van der Waals surface area contributed by atoms with E-state index in [-0.39, 0.29) is 5.41 Å². The fourth-order valence-corrected chi connectivity index (χ4v) is 7.43. The van der Waals surface area contributed by atoms with E-state index in [9.17, 15) is 0 Å². The van der Waals surface area contributed by atoms with Crippen LogP contribution in [0.5, 0.6) is 0 Å². The third kappa shape index (κ3) is 4.55. The summed E-state index contributed by atoms with van der Waals surface area (Å²) in [6, 6.07) is 51.7. The van der Waals surface area contributed by atoms with Crippen LogP contribution in [0.25, 0.3) is 33.4 Å². The van der Waals surface area contributed by atoms with Crippen molar-refractivity contribution in [1.29, 1.82) is 0 Å². The van der Waals surface area contributed by atoms with Gasteiger partial charge in [-0.25, -0.2) is 0 Å². The number of fused-ring (bicyclic) bond motifs is 4. The van der Waals surface area contributed by atoms with Gasteiger partial charge in [-0.2, -0.15) is 0 Å². The van der Waals surface area contributed by atoms with Crippen molar-refractivity contribution in [1.82, 2.24) is 0 Å². The molecule has 0 heterocycles. The molecule has 0 aromatic heterocycles. The topological polar surface area (TPSA) is 3.24 Å². The molecule has 2 aliphatic rings. The van der Waals surface area contributed by atoms with Gasteiger partial charge in [0, 0.05) is 22.5 Å². The van der Waals surface area contributed by atoms with Gasteiger partial charge in [0.2, 0.25) is 0 Å². The van der Waals surface area contributed by atoms with Crippen molar-refractivity contribution in [2.24, 2.45) is 0 Å². The van der Waals surface area contributed by atoms with Crippen molar-refractivity contribution >= 4 is 17.1 Å². The molecule has 0 aliphatic heterocycles. The Hall–Kier alpha value is -4.88. The second-order valence-electron chi connectivity index (χ2n) is 12.9. The highest BCUT2D eigenvalue weighted by Crippen LogP contribution is 2.50. The van der Waals surface area contributed by atoms with E-state index in [1.165, 1.54) is 98.4 Å². The van der Waals surface area contributed by atoms with Crippen LogP contribution in [0, 0.1) is 0 Å². The molecule has 2 aliphatic carbocycles. The second kappa shape index (κ2) is 10.7. The van der Waals surface area contributed by atoms with Crippen LogP contribution in [0.1, 0.15) is 48.9 Å². The molecule has 44 heavy (non-hydrogen) atoms. The molecule has 0 saturated carbocycles. The van der Waals surface area contributed by atoms with Crippen molar-refractivity contribution in [3.8, 4) is 33.4 Å². The largest absolute Gasteiger partial charge is 0.310 e. The summed E-state index contributed by atoms with van der Waals surface area (Å²) in [4.78, 5) is 2.45. The van der Waals surface area contributed by atoms with E-state index in [4.69, 9.17) is 0 Å². The zero-order chi connectivity index (χ0) is 29.7. The number of rotatable bonds is 5. The first-order chi connectivity index (χ1) is 21.6. The fraction of sp³-hybridized carbons (Fsp3) is 0.163. The van der Waals surface area contributed by atoms with Crippen LogP contribution in [0.3, 0.4) is 0 Å². The molecule has 0 radical (unpaired) electrons. The molecule has 1 nitrogen and oxygen atoms in total. The SMILES string of the molecule is CC1(C)c2ccccc2-c2ccc(N(c3ccc(-c4ccc(-c5ccccc5)cc4)cc3)c3ccc4c(c3)CCCC4)cc21. The second-order valence-corrected chi connectivity index (χ2v) is 12.9. The lowest BCUT2D eigenvalue weighted by Gasteiger charge is -2.29. The zero-order valence-corrected chi connectivity index (χ0v) is 25.6. The van der Waals surface area contributed by atoms with E-state index >= 15 is 0 Å². The van der Waals surface area contributed by atoms with Crippen molar-refractivity contribution in [2.75, 3.05) is 4.90 Å². The Labute approximate surface area is 261 Å². The molecule has 214 valence electrons. The van der Waals surface area contributed by atoms with Crippen LogP contribution in [0.2, 0.25) is 0 Å². The molecule has 0 amide bonds. The van der Waals surface area contributed by atoms with Crippen molar-refractivity contribution in [3.63, 3.8) is 0 Å². The Kier molecular flexibility index (Phi) is 6.49. The van der Waals surface area contributed by atoms with Gasteiger partial charge in [-0.3, -0.25) is 0 Å². The predicted octanol–water partition coefficient (Wildman–Crippen LogP) is 11.7. The molecule has 6 aromatic rings. The lowest BCUT2D eigenvalue weighted by atomic mass is 9.82. The van der Waals surface area contributed by atoms with Crippen molar-refractivity contribution < 1.29 is 0 Å². The lowest BCUT2D eigenvalue weighted by Crippen LogP contribution is -2.17. The summed E-state index contributed by atoms with van der Waals surface area (Å²) >= 11 is 0. The van der Waals surface area contributed by atoms with Crippen LogP contribution >= 0.6 is 0 Å². The first-order valence-electron chi connectivity index (χ1n) is 16.0. The quantitative estimate of drug-likeness (QED) is 0.200. The van der Waals surface area contributed by atoms with Crippen molar-refractivity contribution in [3.05, 3.63) is 162 Å². The van der Waals surface area contributed by atoms with Gasteiger partial charge in [-0.1, -0.05) is 117 Å². The van der Waals surface area contributed by atoms with Gasteiger partial charge < -0.3 is 4.90 Å². The summed E-state index contributed by atoms with van der Waals surface area (Å²) in [5, 5.41) is 0. The highest BCUT2D eigenvalue weighted by atomic mass is 15.1. The number of benzene rings is 6. The van der Waals surface area contributed by atoms with E-state index in [0.717, 1.165) is 0 Å². The number of hydrogen-bond donors (Lipinski definition) is 0. The van der Waals surface area contributed by atoms with Gasteiger partial charge in [0.25, 0.3) is 0 Å². The third-order valence-electron chi connectivity index (χ3n) is 9.87. The smallest absolute Gasteiger partial charge is 0.0465 e. The summed E-state index contributed by atoms with van der Waals surface area (Å²) < 4.78 is 0. The molecule has 0 bridgehead atoms. The molecule has 0 spiro atoms. The summed E-state index contributed by atoms with van der Waals surface area (Å²) in [5.41, 5.74) is 17.1. The highest BCUT2D eigenvalue weighted by molar-refractivity contribution is 5.86. The van der Waals surface area contributed by atoms with Gasteiger partial charge in [-0.05, 0) is 118 Å². The van der Waals surface area contributed by atoms with Crippen LogP contribution in [-0.2, 0) is 18.3 Å². The fourth-order valence-electron chi connectivity index (χ4n) is 7.43. The van der Waals surface area contributed by atoms with Gasteiger partial charge in [0.15, 0.2) is 0 Å². The summed E-state index contributed by atoms with van der Waals surface area (Å²) in [5.74, 6) is 0. The molecular weight excluding hydrogens is 530 g/mol. The maximum atomic E-state index is 2.45. The number of anilines is 3. The van der Waals surface area contributed by atoms with Gasteiger partial charge in [-0.15, -0.1) is 0 Å². The molecule has 0 fully saturated rings. The molecule has 0 atom stereocenters. The molecule has 8 rings (SSSR count). The Morgan fingerprint density at radius 2 is 0.955 bits per heavy atom. The van der Waals surface area contributed by atoms with E-state index in [1.807, 2.05) is 0 Å². The maximum absolute atomic E-state index is 2.45. The van der Waals surface area contributed by atoms with Crippen LogP contribution in [0.15, 0.2) is 140 Å². The Balaban J connectivity index is 1.19. The normalized spacial score (nSPS) is 14.4. The van der Waals surface area contributed by atoms with E-state index in [1.54, 1.807) is 0 Å². The molecule has 0 saturated heterocycles. The third-order valence-corrected chi connectivity index (χ3v) is 9.87. The average Bonchev–Trinajstić information content (AvgIpc) is 3.31. The number of nitrogens with zero attached hydrogens (tertiary/aromatic N) is 1. The summed E-state index contributed by atoms with van der Waals surface area (Å²) in [6.45, 7) is 4.73. The standard InChI is InChI=1S/C43H37N/c1-43(2)41-15-9-8-14-39(41)40-27-26-38(29-42(40)43)44(37-25-22-31-12-6-7-13-35(31)28-37)36-23-20-34(21-24-36)33-18-16-32(17-19-33)30-10-4-3-5-11-30/h3-5,8-11,14-29H,6-7,12-13H2,1-2H3. The number of hydrogen-bond acceptors (Lipinski definition) is 1. The molecular formula is C43H37N. The lowest BCUT2D eigenvalue weighted by molar-refractivity contribution is 0.660. The van der Waals surface area contributed by atoms with Gasteiger partial charge >= 0.3 is 0 Å². The summed E-state index contributed by atoms with van der Waals surface area (Å²) in [6.07, 6.45) is 4.93. The molecule has 1 heteroatoms. The summed E-state index contributed by atoms with van der Waals surface area (Å²) in [7, 11) is 0. The first-order valence-corrected chi connectivity index (χ1v) is 16.0. The highest BCUT2D eigenvalue weighted by Gasteiger charge is 2.35.